The molecule has 6 nitrogen and oxygen atoms in total. The normalized spacial score (nSPS) is 14.0. The average Bonchev–Trinajstić information content (AvgIpc) is 3.49. The second-order valence-corrected chi connectivity index (χ2v) is 8.76. The number of anilines is 1. The van der Waals surface area contributed by atoms with E-state index < -0.39 is 0 Å². The smallest absolute Gasteiger partial charge is 0.235 e. The molecule has 1 aromatic carbocycles. The van der Waals surface area contributed by atoms with Crippen molar-refractivity contribution in [1.82, 2.24) is 14.5 Å². The van der Waals surface area contributed by atoms with Crippen LogP contribution < -0.4 is 5.32 Å². The second kappa shape index (κ2) is 8.98. The van der Waals surface area contributed by atoms with Gasteiger partial charge in [0.15, 0.2) is 5.16 Å². The molecule has 2 N–H and O–H groups in total. The summed E-state index contributed by atoms with van der Waals surface area (Å²) in [7, 11) is 0. The molecule has 0 aliphatic heterocycles. The van der Waals surface area contributed by atoms with Crippen molar-refractivity contribution in [2.75, 3.05) is 11.1 Å². The number of aromatic amines is 1. The van der Waals surface area contributed by atoms with Gasteiger partial charge in [0.05, 0.1) is 23.2 Å². The lowest BCUT2D eigenvalue weighted by atomic mass is 10.2. The first-order valence-corrected chi connectivity index (χ1v) is 11.3. The summed E-state index contributed by atoms with van der Waals surface area (Å²) in [5, 5.41) is 13.3. The van der Waals surface area contributed by atoms with Crippen LogP contribution >= 0.6 is 11.8 Å². The number of hydrogen-bond donors (Lipinski definition) is 2. The first-order chi connectivity index (χ1) is 15.0. The molecule has 0 saturated heterocycles. The first kappa shape index (κ1) is 21.2. The summed E-state index contributed by atoms with van der Waals surface area (Å²) >= 11 is 1.28. The Labute approximate surface area is 184 Å². The predicted octanol–water partition coefficient (Wildman–Crippen LogP) is 5.35. The zero-order valence-corrected chi connectivity index (χ0v) is 18.4. The van der Waals surface area contributed by atoms with Crippen molar-refractivity contribution < 1.29 is 9.18 Å². The maximum absolute atomic E-state index is 13.1. The molecular weight excluding hydrogens is 413 g/mol. The van der Waals surface area contributed by atoms with Crippen molar-refractivity contribution in [3.05, 3.63) is 53.1 Å². The van der Waals surface area contributed by atoms with Crippen LogP contribution in [-0.2, 0) is 4.79 Å². The topological polar surface area (TPSA) is 86.5 Å². The quantitative estimate of drug-likeness (QED) is 0.509. The number of amides is 1. The van der Waals surface area contributed by atoms with E-state index in [4.69, 9.17) is 0 Å². The minimum atomic E-state index is -0.292. The number of carbonyl (C=O) groups excluding carboxylic acids is 1. The fraction of sp³-hybridized carbons (Fsp3) is 0.348. The van der Waals surface area contributed by atoms with Gasteiger partial charge < -0.3 is 14.9 Å². The summed E-state index contributed by atoms with van der Waals surface area (Å²) < 4.78 is 15.2. The predicted molar refractivity (Wildman–Crippen MR) is 119 cm³/mol. The van der Waals surface area contributed by atoms with Gasteiger partial charge in [-0.3, -0.25) is 4.79 Å². The minimum absolute atomic E-state index is 0.162. The second-order valence-electron chi connectivity index (χ2n) is 7.80. The molecule has 0 unspecified atom stereocenters. The molecule has 0 radical (unpaired) electrons. The number of thioether (sulfide) groups is 1. The summed E-state index contributed by atoms with van der Waals surface area (Å²) in [6.45, 7) is 3.95. The number of hydrogen-bond acceptors (Lipinski definition) is 4. The van der Waals surface area contributed by atoms with E-state index in [1.165, 1.54) is 36.7 Å². The fourth-order valence-corrected chi connectivity index (χ4v) is 4.81. The summed E-state index contributed by atoms with van der Waals surface area (Å²) in [5.41, 5.74) is 4.09. The number of carbonyl (C=O) groups is 1. The Balaban J connectivity index is 1.46. The maximum Gasteiger partial charge on any atom is 0.235 e. The molecule has 1 amide bonds. The van der Waals surface area contributed by atoms with Crippen molar-refractivity contribution in [3.8, 4) is 17.3 Å². The summed E-state index contributed by atoms with van der Waals surface area (Å²) in [6.07, 6.45) is 6.13. The van der Waals surface area contributed by atoms with E-state index in [0.717, 1.165) is 35.4 Å². The van der Waals surface area contributed by atoms with Gasteiger partial charge in [-0.2, -0.15) is 5.26 Å². The summed E-state index contributed by atoms with van der Waals surface area (Å²) in [4.78, 5) is 20.2. The zero-order valence-electron chi connectivity index (χ0n) is 17.5. The highest BCUT2D eigenvalue weighted by Gasteiger charge is 2.26. The Bertz CT molecular complexity index is 1140. The molecule has 31 heavy (non-hydrogen) atoms. The largest absolute Gasteiger partial charge is 0.333 e. The lowest BCUT2D eigenvalue weighted by molar-refractivity contribution is -0.113. The van der Waals surface area contributed by atoms with Crippen LogP contribution in [0.3, 0.4) is 0 Å². The summed E-state index contributed by atoms with van der Waals surface area (Å²) in [6, 6.07) is 8.73. The molecule has 0 atom stereocenters. The molecule has 0 spiro atoms. The van der Waals surface area contributed by atoms with Gasteiger partial charge in [-0.05, 0) is 62.1 Å². The van der Waals surface area contributed by atoms with Crippen LogP contribution in [0.4, 0.5) is 10.2 Å². The van der Waals surface area contributed by atoms with Gasteiger partial charge >= 0.3 is 0 Å². The molecule has 3 aromatic rings. The van der Waals surface area contributed by atoms with Gasteiger partial charge in [0.2, 0.25) is 5.91 Å². The van der Waals surface area contributed by atoms with Gasteiger partial charge in [0.1, 0.15) is 17.7 Å². The van der Waals surface area contributed by atoms with Gasteiger partial charge in [0, 0.05) is 11.7 Å². The number of nitrogens with one attached hydrogen (secondary N) is 2. The van der Waals surface area contributed by atoms with Crippen LogP contribution in [0.5, 0.6) is 0 Å². The standard InChI is InChI=1S/C23H24FN5OS/c1-14-15(2)29(18-5-3-4-6-18)22(19(14)11-25)28-21(30)13-31-23-26-12-20(27-23)16-7-9-17(24)10-8-16/h7-10,12,18H,3-6,13H2,1-2H3,(H,26,27)(H,28,30). The Morgan fingerprint density at radius 3 is 2.71 bits per heavy atom. The van der Waals surface area contributed by atoms with Crippen molar-refractivity contribution in [1.29, 1.82) is 5.26 Å². The lowest BCUT2D eigenvalue weighted by Crippen LogP contribution is -2.19. The van der Waals surface area contributed by atoms with Gasteiger partial charge in [-0.15, -0.1) is 0 Å². The third kappa shape index (κ3) is 4.37. The summed E-state index contributed by atoms with van der Waals surface area (Å²) in [5.74, 6) is 0.299. The lowest BCUT2D eigenvalue weighted by Gasteiger charge is -2.19. The van der Waals surface area contributed by atoms with Crippen LogP contribution in [0.2, 0.25) is 0 Å². The Morgan fingerprint density at radius 2 is 2.03 bits per heavy atom. The van der Waals surface area contributed by atoms with Crippen LogP contribution in [-0.4, -0.2) is 26.2 Å². The molecule has 1 saturated carbocycles. The molecule has 8 heteroatoms. The number of aromatic nitrogens is 3. The Hall–Kier alpha value is -3.05. The van der Waals surface area contributed by atoms with Crippen LogP contribution in [0, 0.1) is 31.0 Å². The van der Waals surface area contributed by atoms with Crippen molar-refractivity contribution in [3.63, 3.8) is 0 Å². The minimum Gasteiger partial charge on any atom is -0.333 e. The Morgan fingerprint density at radius 1 is 1.32 bits per heavy atom. The number of imidazole rings is 1. The number of nitrogens with zero attached hydrogens (tertiary/aromatic N) is 3. The molecule has 0 bridgehead atoms. The van der Waals surface area contributed by atoms with E-state index in [1.54, 1.807) is 18.3 Å². The molecule has 1 aliphatic carbocycles. The van der Waals surface area contributed by atoms with Gasteiger partial charge in [0.25, 0.3) is 0 Å². The third-order valence-corrected chi connectivity index (χ3v) is 6.75. The highest BCUT2D eigenvalue weighted by Crippen LogP contribution is 2.37. The SMILES string of the molecule is Cc1c(C#N)c(NC(=O)CSc2ncc(-c3ccc(F)cc3)[nH]2)n(C2CCCC2)c1C. The van der Waals surface area contributed by atoms with Crippen LogP contribution in [0.1, 0.15) is 48.5 Å². The first-order valence-electron chi connectivity index (χ1n) is 10.3. The van der Waals surface area contributed by atoms with Crippen LogP contribution in [0.15, 0.2) is 35.6 Å². The number of benzene rings is 1. The molecule has 1 aliphatic rings. The van der Waals surface area contributed by atoms with E-state index in [-0.39, 0.29) is 17.5 Å². The van der Waals surface area contributed by atoms with Crippen LogP contribution in [0.25, 0.3) is 11.3 Å². The van der Waals surface area contributed by atoms with Gasteiger partial charge in [-0.25, -0.2) is 9.37 Å². The van der Waals surface area contributed by atoms with E-state index >= 15 is 0 Å². The molecule has 2 heterocycles. The number of rotatable bonds is 6. The number of H-pyrrole nitrogens is 1. The van der Waals surface area contributed by atoms with E-state index in [9.17, 15) is 14.4 Å². The van der Waals surface area contributed by atoms with Crippen molar-refractivity contribution >= 4 is 23.5 Å². The highest BCUT2D eigenvalue weighted by molar-refractivity contribution is 7.99. The van der Waals surface area contributed by atoms with Gasteiger partial charge in [-0.1, -0.05) is 24.6 Å². The third-order valence-electron chi connectivity index (χ3n) is 5.86. The highest BCUT2D eigenvalue weighted by atomic mass is 32.2. The molecule has 1 fully saturated rings. The maximum atomic E-state index is 13.1. The van der Waals surface area contributed by atoms with E-state index in [1.807, 2.05) is 13.8 Å². The van der Waals surface area contributed by atoms with Crippen molar-refractivity contribution in [2.24, 2.45) is 0 Å². The number of halogens is 1. The number of nitriles is 1. The van der Waals surface area contributed by atoms with E-state index in [0.29, 0.717) is 22.6 Å². The Kier molecular flexibility index (Phi) is 6.14. The van der Waals surface area contributed by atoms with Crippen molar-refractivity contribution in [2.45, 2.75) is 50.7 Å². The average molecular weight is 438 g/mol. The monoisotopic (exact) mass is 437 g/mol. The van der Waals surface area contributed by atoms with E-state index in [2.05, 4.69) is 25.9 Å². The molecule has 160 valence electrons. The molecular formula is C23H24FN5OS. The zero-order chi connectivity index (χ0) is 22.0. The molecule has 2 aromatic heterocycles. The fourth-order valence-electron chi connectivity index (χ4n) is 4.16. The molecule has 4 rings (SSSR count).